The molecular weight excluding hydrogens is 310 g/mol. The van der Waals surface area contributed by atoms with E-state index < -0.39 is 29.9 Å². The van der Waals surface area contributed by atoms with E-state index >= 15 is 0 Å². The number of carbonyl (C=O) groups excluding carboxylic acids is 2. The molecule has 0 saturated carbocycles. The third kappa shape index (κ3) is 3.76. The van der Waals surface area contributed by atoms with Crippen LogP contribution in [-0.4, -0.2) is 49.6 Å². The van der Waals surface area contributed by atoms with Crippen LogP contribution >= 0.6 is 0 Å². The highest BCUT2D eigenvalue weighted by Gasteiger charge is 2.50. The van der Waals surface area contributed by atoms with Crippen molar-refractivity contribution in [3.63, 3.8) is 0 Å². The van der Waals surface area contributed by atoms with Crippen LogP contribution in [0.4, 0.5) is 0 Å². The van der Waals surface area contributed by atoms with Crippen molar-refractivity contribution in [2.24, 2.45) is 5.41 Å². The Bertz CT molecular complexity index is 577. The maximum absolute atomic E-state index is 13.0. The lowest BCUT2D eigenvalue weighted by Gasteiger charge is -2.34. The molecule has 0 unspecified atom stereocenters. The average Bonchev–Trinajstić information content (AvgIpc) is 2.89. The number of esters is 1. The predicted octanol–water partition coefficient (Wildman–Crippen LogP) is 2.44. The van der Waals surface area contributed by atoms with E-state index in [2.05, 4.69) is 0 Å². The minimum atomic E-state index is -0.744. The second kappa shape index (κ2) is 7.32. The highest BCUT2D eigenvalue weighted by molar-refractivity contribution is 5.98. The summed E-state index contributed by atoms with van der Waals surface area (Å²) >= 11 is 0. The van der Waals surface area contributed by atoms with Crippen molar-refractivity contribution in [1.29, 1.82) is 0 Å². The monoisotopic (exact) mass is 335 g/mol. The highest BCUT2D eigenvalue weighted by atomic mass is 16.7. The molecule has 2 rings (SSSR count). The summed E-state index contributed by atoms with van der Waals surface area (Å²) in [5, 5.41) is 0. The maximum atomic E-state index is 13.0. The second-order valence-electron chi connectivity index (χ2n) is 6.89. The predicted molar refractivity (Wildman–Crippen MR) is 88.2 cm³/mol. The lowest BCUT2D eigenvalue weighted by Crippen LogP contribution is -2.49. The zero-order valence-corrected chi connectivity index (χ0v) is 14.8. The van der Waals surface area contributed by atoms with E-state index in [1.165, 1.54) is 19.1 Å². The van der Waals surface area contributed by atoms with Gasteiger partial charge in [-0.05, 0) is 12.1 Å². The molecular formula is C18H25NO5. The van der Waals surface area contributed by atoms with Crippen molar-refractivity contribution in [2.75, 3.05) is 14.2 Å². The van der Waals surface area contributed by atoms with Gasteiger partial charge in [0.05, 0.1) is 0 Å². The lowest BCUT2D eigenvalue weighted by atomic mass is 9.92. The van der Waals surface area contributed by atoms with Crippen LogP contribution in [0.1, 0.15) is 37.6 Å². The molecule has 1 fully saturated rings. The second-order valence-corrected chi connectivity index (χ2v) is 6.89. The Labute approximate surface area is 142 Å². The number of rotatable bonds is 5. The van der Waals surface area contributed by atoms with Crippen LogP contribution < -0.4 is 0 Å². The van der Waals surface area contributed by atoms with Gasteiger partial charge in [-0.2, -0.15) is 0 Å². The number of benzene rings is 1. The molecule has 0 aromatic heterocycles. The molecule has 0 spiro atoms. The van der Waals surface area contributed by atoms with Crippen molar-refractivity contribution in [1.82, 2.24) is 4.90 Å². The lowest BCUT2D eigenvalue weighted by molar-refractivity contribution is -0.149. The molecule has 2 atom stereocenters. The molecule has 1 aromatic rings. The van der Waals surface area contributed by atoms with E-state index in [9.17, 15) is 9.59 Å². The van der Waals surface area contributed by atoms with E-state index in [0.29, 0.717) is 5.56 Å². The zero-order chi connectivity index (χ0) is 17.9. The summed E-state index contributed by atoms with van der Waals surface area (Å²) in [6, 6.07) is 8.14. The third-order valence-electron chi connectivity index (χ3n) is 4.03. The first-order valence-electron chi connectivity index (χ1n) is 7.93. The summed E-state index contributed by atoms with van der Waals surface area (Å²) in [6.07, 6.45) is -1.01. The van der Waals surface area contributed by atoms with Crippen molar-refractivity contribution < 1.29 is 23.8 Å². The summed E-state index contributed by atoms with van der Waals surface area (Å²) in [6.45, 7) is 5.80. The summed E-state index contributed by atoms with van der Waals surface area (Å²) in [5.74, 6) is -0.671. The fourth-order valence-corrected chi connectivity index (χ4v) is 2.77. The normalized spacial score (nSPS) is 21.2. The summed E-state index contributed by atoms with van der Waals surface area (Å²) in [7, 11) is 3.00. The van der Waals surface area contributed by atoms with Gasteiger partial charge >= 0.3 is 5.97 Å². The molecule has 0 radical (unpaired) electrons. The van der Waals surface area contributed by atoms with Crippen molar-refractivity contribution in [3.8, 4) is 0 Å². The third-order valence-corrected chi connectivity index (χ3v) is 4.03. The van der Waals surface area contributed by atoms with Gasteiger partial charge in [0.1, 0.15) is 6.04 Å². The van der Waals surface area contributed by atoms with Gasteiger partial charge in [0.15, 0.2) is 12.5 Å². The number of methoxy groups -OCH3 is 2. The van der Waals surface area contributed by atoms with Gasteiger partial charge in [0.2, 0.25) is 0 Å². The molecule has 6 nitrogen and oxygen atoms in total. The minimum absolute atomic E-state index is 0.219. The molecule has 24 heavy (non-hydrogen) atoms. The molecule has 1 aliphatic heterocycles. The number of nitrogens with zero attached hydrogens (tertiary/aromatic N) is 1. The minimum Gasteiger partial charge on any atom is -0.439 e. The van der Waals surface area contributed by atoms with Crippen LogP contribution in [0.2, 0.25) is 0 Å². The molecule has 1 amide bonds. The molecule has 1 saturated heterocycles. The molecule has 0 bridgehead atoms. The molecule has 1 aromatic carbocycles. The van der Waals surface area contributed by atoms with E-state index in [0.717, 1.165) is 0 Å². The number of hydrogen-bond acceptors (Lipinski definition) is 5. The molecule has 0 aliphatic carbocycles. The number of hydrogen-bond donors (Lipinski definition) is 0. The number of amides is 1. The summed E-state index contributed by atoms with van der Waals surface area (Å²) in [5.41, 5.74) is 0.103. The molecule has 6 heteroatoms. The first-order chi connectivity index (χ1) is 11.3. The molecule has 132 valence electrons. The summed E-state index contributed by atoms with van der Waals surface area (Å²) in [4.78, 5) is 27.0. The van der Waals surface area contributed by atoms with Crippen molar-refractivity contribution in [2.45, 2.75) is 45.8 Å². The summed E-state index contributed by atoms with van der Waals surface area (Å²) < 4.78 is 15.9. The van der Waals surface area contributed by atoms with E-state index in [1.54, 1.807) is 24.3 Å². The molecule has 0 N–H and O–H groups in total. The maximum Gasteiger partial charge on any atom is 0.331 e. The Kier molecular flexibility index (Phi) is 5.62. The Hall–Kier alpha value is -1.92. The number of carbonyl (C=O) groups is 2. The first-order valence-corrected chi connectivity index (χ1v) is 7.93. The standard InChI is InChI=1S/C18H25NO5/c1-18(2,3)17-19(15(20)12-9-7-6-8-10-12)13(16(21)24-17)11-14(22-4)23-5/h6-10,13-14,17H,11H2,1-5H3/t13-,17+/m1/s1. The highest BCUT2D eigenvalue weighted by Crippen LogP contribution is 2.35. The Morgan fingerprint density at radius 1 is 1.21 bits per heavy atom. The fraction of sp³-hybridized carbons (Fsp3) is 0.556. The van der Waals surface area contributed by atoms with Crippen molar-refractivity contribution in [3.05, 3.63) is 35.9 Å². The van der Waals surface area contributed by atoms with Crippen LogP contribution in [0.5, 0.6) is 0 Å². The molecule has 1 aliphatic rings. The zero-order valence-electron chi connectivity index (χ0n) is 14.8. The Morgan fingerprint density at radius 2 is 1.79 bits per heavy atom. The van der Waals surface area contributed by atoms with Gasteiger partial charge in [-0.25, -0.2) is 4.79 Å². The van der Waals surface area contributed by atoms with Crippen LogP contribution in [0.25, 0.3) is 0 Å². The SMILES string of the molecule is COC(C[C@@H]1C(=O)O[C@@H](C(C)(C)C)N1C(=O)c1ccccc1)OC. The Morgan fingerprint density at radius 3 is 2.29 bits per heavy atom. The van der Waals surface area contributed by atoms with E-state index in [1.807, 2.05) is 26.8 Å². The van der Waals surface area contributed by atoms with Crippen LogP contribution in [-0.2, 0) is 19.0 Å². The van der Waals surface area contributed by atoms with Gasteiger partial charge in [0, 0.05) is 31.6 Å². The van der Waals surface area contributed by atoms with Gasteiger partial charge < -0.3 is 14.2 Å². The average molecular weight is 335 g/mol. The van der Waals surface area contributed by atoms with Crippen molar-refractivity contribution >= 4 is 11.9 Å². The van der Waals surface area contributed by atoms with E-state index in [-0.39, 0.29) is 12.3 Å². The topological polar surface area (TPSA) is 65.1 Å². The fourth-order valence-electron chi connectivity index (χ4n) is 2.77. The van der Waals surface area contributed by atoms with E-state index in [4.69, 9.17) is 14.2 Å². The van der Waals surface area contributed by atoms with Crippen LogP contribution in [0.3, 0.4) is 0 Å². The van der Waals surface area contributed by atoms with Gasteiger partial charge in [-0.15, -0.1) is 0 Å². The number of ether oxygens (including phenoxy) is 3. The Balaban J connectivity index is 2.37. The van der Waals surface area contributed by atoms with Crippen LogP contribution in [0.15, 0.2) is 30.3 Å². The number of cyclic esters (lactones) is 1. The van der Waals surface area contributed by atoms with Gasteiger partial charge in [0.25, 0.3) is 5.91 Å². The molecule has 1 heterocycles. The van der Waals surface area contributed by atoms with Gasteiger partial charge in [-0.3, -0.25) is 9.69 Å². The van der Waals surface area contributed by atoms with Crippen LogP contribution in [0, 0.1) is 5.41 Å². The van der Waals surface area contributed by atoms with Gasteiger partial charge in [-0.1, -0.05) is 39.0 Å². The quantitative estimate of drug-likeness (QED) is 0.611. The first kappa shape index (κ1) is 18.4. The largest absolute Gasteiger partial charge is 0.439 e. The smallest absolute Gasteiger partial charge is 0.331 e.